The topological polar surface area (TPSA) is 247 Å². The second-order valence-electron chi connectivity index (χ2n) is 1.53. The van der Waals surface area contributed by atoms with Gasteiger partial charge >= 0.3 is 0 Å². The molecule has 0 aliphatic heterocycles. The molecule has 0 aliphatic rings. The number of carboxylic acid groups (broad SMARTS) is 2. The fourth-order valence-corrected chi connectivity index (χ4v) is 0.258. The number of aliphatic hydroxyl groups is 2. The smallest absolute Gasteiger partial charge is 0.124 e. The van der Waals surface area contributed by atoms with Crippen LogP contribution in [0.3, 0.4) is 0 Å². The van der Waals surface area contributed by atoms with Gasteiger partial charge < -0.3 is 51.9 Å². The molecule has 0 heterocycles. The maximum atomic E-state index is 9.63. The van der Waals surface area contributed by atoms with Crippen LogP contribution in [0, 0.1) is 0 Å². The number of aliphatic carboxylic acids is 2. The third-order valence-electron chi connectivity index (χ3n) is 0.782. The first-order valence-electron chi connectivity index (χ1n) is 2.24. The second-order valence-corrected chi connectivity index (χ2v) is 1.53. The van der Waals surface area contributed by atoms with Crippen molar-refractivity contribution in [2.75, 3.05) is 0 Å². The molecule has 2 unspecified atom stereocenters. The molecule has 90 valence electrons. The van der Waals surface area contributed by atoms with E-state index in [4.69, 9.17) is 10.2 Å². The molecule has 0 aromatic carbocycles. The van der Waals surface area contributed by atoms with Crippen molar-refractivity contribution in [3.8, 4) is 0 Å². The van der Waals surface area contributed by atoms with Gasteiger partial charge in [0.1, 0.15) is 12.2 Å². The van der Waals surface area contributed by atoms with E-state index in [1.807, 2.05) is 0 Å². The van der Waals surface area contributed by atoms with Crippen molar-refractivity contribution in [1.29, 1.82) is 0 Å². The number of rotatable bonds is 3. The monoisotopic (exact) mass is 220 g/mol. The minimum atomic E-state index is -2.44. The zero-order valence-corrected chi connectivity index (χ0v) is 6.68. The van der Waals surface area contributed by atoms with Crippen LogP contribution in [-0.2, 0) is 9.59 Å². The summed E-state index contributed by atoms with van der Waals surface area (Å²) in [6, 6.07) is 0. The minimum absolute atomic E-state index is 0. The molecular weight excluding hydrogens is 208 g/mol. The van der Waals surface area contributed by atoms with E-state index in [0.29, 0.717) is 0 Å². The van der Waals surface area contributed by atoms with E-state index in [0.717, 1.165) is 0 Å². The van der Waals surface area contributed by atoms with Gasteiger partial charge in [-0.1, -0.05) is 0 Å². The third kappa shape index (κ3) is 8.79. The van der Waals surface area contributed by atoms with Gasteiger partial charge in [0.2, 0.25) is 0 Å². The molecule has 0 saturated heterocycles. The van der Waals surface area contributed by atoms with Crippen LogP contribution in [0.25, 0.3) is 0 Å². The Morgan fingerprint density at radius 3 is 1.00 bits per heavy atom. The van der Waals surface area contributed by atoms with Crippen molar-refractivity contribution >= 4 is 11.9 Å². The summed E-state index contributed by atoms with van der Waals surface area (Å²) in [6.45, 7) is 0. The first-order chi connectivity index (χ1) is 4.46. The molecule has 0 aromatic rings. The molecule has 0 spiro atoms. The van der Waals surface area contributed by atoms with Crippen LogP contribution in [-0.4, -0.2) is 56.3 Å². The van der Waals surface area contributed by atoms with Gasteiger partial charge in [0.15, 0.2) is 0 Å². The molecule has 0 bridgehead atoms. The van der Waals surface area contributed by atoms with E-state index in [1.54, 1.807) is 0 Å². The highest BCUT2D eigenvalue weighted by Crippen LogP contribution is 1.88. The number of aliphatic hydroxyl groups excluding tert-OH is 2. The quantitative estimate of drug-likeness (QED) is 0.466. The fraction of sp³-hybridized carbons (Fsp3) is 0.500. The van der Waals surface area contributed by atoms with Crippen molar-refractivity contribution < 1.29 is 51.9 Å². The minimum Gasteiger partial charge on any atom is -0.547 e. The first kappa shape index (κ1) is 29.3. The molecule has 10 nitrogen and oxygen atoms in total. The number of hydrogen-bond donors (Lipinski definition) is 2. The SMILES string of the molecule is O.O.O.O.O=C([O-])C(O)C(O)C(=O)[O-]. The van der Waals surface area contributed by atoms with E-state index in [9.17, 15) is 19.8 Å². The zero-order valence-electron chi connectivity index (χ0n) is 6.68. The summed E-state index contributed by atoms with van der Waals surface area (Å²) in [7, 11) is 0. The van der Waals surface area contributed by atoms with Crippen molar-refractivity contribution in [2.24, 2.45) is 0 Å². The largest absolute Gasteiger partial charge is 0.547 e. The molecule has 0 saturated carbocycles. The lowest BCUT2D eigenvalue weighted by Crippen LogP contribution is -2.51. The number of carbonyl (C=O) groups is 2. The maximum absolute atomic E-state index is 9.63. The lowest BCUT2D eigenvalue weighted by atomic mass is 10.2. The summed E-state index contributed by atoms with van der Waals surface area (Å²) < 4.78 is 0. The van der Waals surface area contributed by atoms with E-state index in [2.05, 4.69) is 0 Å². The van der Waals surface area contributed by atoms with Gasteiger partial charge in [0.25, 0.3) is 0 Å². The average Bonchev–Trinajstić information content (AvgIpc) is 1.84. The van der Waals surface area contributed by atoms with Gasteiger partial charge in [0.05, 0.1) is 11.9 Å². The lowest BCUT2D eigenvalue weighted by molar-refractivity contribution is -0.333. The second kappa shape index (κ2) is 11.7. The van der Waals surface area contributed by atoms with Gasteiger partial charge in [-0.2, -0.15) is 0 Å². The summed E-state index contributed by atoms with van der Waals surface area (Å²) in [6.07, 6.45) is -4.88. The molecule has 10 N–H and O–H groups in total. The van der Waals surface area contributed by atoms with Gasteiger partial charge in [-0.25, -0.2) is 0 Å². The fourth-order valence-electron chi connectivity index (χ4n) is 0.258. The molecule has 2 atom stereocenters. The van der Waals surface area contributed by atoms with E-state index in [1.165, 1.54) is 0 Å². The third-order valence-corrected chi connectivity index (χ3v) is 0.782. The Morgan fingerprint density at radius 1 is 0.786 bits per heavy atom. The van der Waals surface area contributed by atoms with E-state index < -0.39 is 24.1 Å². The van der Waals surface area contributed by atoms with Crippen LogP contribution >= 0.6 is 0 Å². The Kier molecular flexibility index (Phi) is 24.5. The van der Waals surface area contributed by atoms with Crippen molar-refractivity contribution in [1.82, 2.24) is 0 Å². The van der Waals surface area contributed by atoms with Crippen LogP contribution in [0.1, 0.15) is 0 Å². The number of hydrogen-bond acceptors (Lipinski definition) is 6. The molecule has 0 fully saturated rings. The Balaban J connectivity index is -0.0000000675. The Labute approximate surface area is 77.3 Å². The molecule has 0 rings (SSSR count). The molecule has 0 amide bonds. The van der Waals surface area contributed by atoms with Crippen molar-refractivity contribution in [3.05, 3.63) is 0 Å². The molecule has 10 heteroatoms. The van der Waals surface area contributed by atoms with Crippen LogP contribution in [0.5, 0.6) is 0 Å². The van der Waals surface area contributed by atoms with Gasteiger partial charge in [-0.15, -0.1) is 0 Å². The summed E-state index contributed by atoms with van der Waals surface area (Å²) in [5.74, 6) is -4.12. The Hall–Kier alpha value is -1.30. The van der Waals surface area contributed by atoms with Crippen molar-refractivity contribution in [3.63, 3.8) is 0 Å². The zero-order chi connectivity index (χ0) is 8.31. The van der Waals surface area contributed by atoms with E-state index >= 15 is 0 Å². The summed E-state index contributed by atoms with van der Waals surface area (Å²) in [5, 5.41) is 35.7. The number of carboxylic acids is 2. The normalized spacial score (nSPS) is 11.3. The Bertz CT molecular complexity index is 136. The van der Waals surface area contributed by atoms with Gasteiger partial charge in [0, 0.05) is 0 Å². The lowest BCUT2D eigenvalue weighted by Gasteiger charge is -2.18. The maximum Gasteiger partial charge on any atom is 0.124 e. The summed E-state index contributed by atoms with van der Waals surface area (Å²) in [4.78, 5) is 19.3. The predicted molar refractivity (Wildman–Crippen MR) is 36.5 cm³/mol. The van der Waals surface area contributed by atoms with Gasteiger partial charge in [-0.3, -0.25) is 0 Å². The average molecular weight is 220 g/mol. The van der Waals surface area contributed by atoms with Crippen molar-refractivity contribution in [2.45, 2.75) is 12.2 Å². The number of carbonyl (C=O) groups excluding carboxylic acids is 2. The highest BCUT2D eigenvalue weighted by Gasteiger charge is 2.17. The molecular formula is C4H12O10-2. The molecule has 0 radical (unpaired) electrons. The standard InChI is InChI=1S/C4H6O6.4H2O/c5-1(3(7)8)2(6)4(9)10;;;;/h1-2,5-6H,(H,7,8)(H,9,10);4*1H2/p-2. The summed E-state index contributed by atoms with van der Waals surface area (Å²) in [5.41, 5.74) is 0. The van der Waals surface area contributed by atoms with Gasteiger partial charge in [-0.05, 0) is 0 Å². The predicted octanol–water partition coefficient (Wildman–Crippen LogP) is -8.09. The highest BCUT2D eigenvalue weighted by molar-refractivity contribution is 5.80. The van der Waals surface area contributed by atoms with Crippen LogP contribution in [0.4, 0.5) is 0 Å². The molecule has 14 heavy (non-hydrogen) atoms. The molecule has 0 aromatic heterocycles. The van der Waals surface area contributed by atoms with Crippen LogP contribution < -0.4 is 10.2 Å². The van der Waals surface area contributed by atoms with Crippen LogP contribution in [0.2, 0.25) is 0 Å². The van der Waals surface area contributed by atoms with Crippen LogP contribution in [0.15, 0.2) is 0 Å². The molecule has 0 aliphatic carbocycles. The first-order valence-corrected chi connectivity index (χ1v) is 2.24. The summed E-state index contributed by atoms with van der Waals surface area (Å²) >= 11 is 0. The van der Waals surface area contributed by atoms with E-state index in [-0.39, 0.29) is 21.9 Å². The Morgan fingerprint density at radius 2 is 0.929 bits per heavy atom. The highest BCUT2D eigenvalue weighted by atomic mass is 16.4.